The van der Waals surface area contributed by atoms with Gasteiger partial charge in [-0.25, -0.2) is 0 Å². The summed E-state index contributed by atoms with van der Waals surface area (Å²) in [5, 5.41) is 17.0. The van der Waals surface area contributed by atoms with Gasteiger partial charge in [-0.15, -0.1) is 0 Å². The molecule has 2 atom stereocenters. The van der Waals surface area contributed by atoms with E-state index < -0.39 is 28.2 Å². The van der Waals surface area contributed by atoms with Crippen molar-refractivity contribution in [2.24, 2.45) is 7.05 Å². The van der Waals surface area contributed by atoms with Gasteiger partial charge in [-0.1, -0.05) is 11.6 Å². The molecule has 0 unspecified atom stereocenters. The standard InChI is InChI=1S/C16H20ClN5O4S/c1-9-11(8-21(2)19-9)12-7-14(22(3)27(25,26)20-12)16(24)18-13-6-10(17)4-5-15(13)23/h4-6,8,12,14,20,23H,7H2,1-3H3,(H,18,24)/t12-,14-/m0/s1. The number of hydrogen-bond donors (Lipinski definition) is 3. The molecule has 2 aromatic rings. The topological polar surface area (TPSA) is 117 Å². The summed E-state index contributed by atoms with van der Waals surface area (Å²) in [6.07, 6.45) is 1.93. The Balaban J connectivity index is 1.89. The highest BCUT2D eigenvalue weighted by molar-refractivity contribution is 7.87. The van der Waals surface area contributed by atoms with E-state index >= 15 is 0 Å². The number of likely N-dealkylation sites (N-methyl/N-ethyl adjacent to an activating group) is 1. The smallest absolute Gasteiger partial charge is 0.280 e. The molecule has 1 saturated heterocycles. The minimum atomic E-state index is -3.87. The fraction of sp³-hybridized carbons (Fsp3) is 0.375. The molecule has 1 fully saturated rings. The average molecular weight is 414 g/mol. The van der Waals surface area contributed by atoms with Crippen LogP contribution in [-0.4, -0.2) is 46.6 Å². The zero-order valence-electron chi connectivity index (χ0n) is 15.0. The summed E-state index contributed by atoms with van der Waals surface area (Å²) in [4.78, 5) is 12.8. The number of phenols is 1. The molecular formula is C16H20ClN5O4S. The number of aryl methyl sites for hydroxylation is 2. The number of phenolic OH excluding ortho intramolecular Hbond substituents is 1. The molecule has 0 saturated carbocycles. The van der Waals surface area contributed by atoms with Crippen LogP contribution in [0.2, 0.25) is 5.02 Å². The molecule has 1 aliphatic heterocycles. The molecule has 1 aromatic heterocycles. The van der Waals surface area contributed by atoms with E-state index in [4.69, 9.17) is 11.6 Å². The van der Waals surface area contributed by atoms with Crippen molar-refractivity contribution in [1.29, 1.82) is 0 Å². The van der Waals surface area contributed by atoms with Crippen molar-refractivity contribution in [1.82, 2.24) is 18.8 Å². The Kier molecular flexibility index (Phi) is 5.17. The zero-order valence-corrected chi connectivity index (χ0v) is 16.5. The summed E-state index contributed by atoms with van der Waals surface area (Å²) in [6.45, 7) is 1.78. The first-order valence-corrected chi connectivity index (χ1v) is 9.95. The maximum Gasteiger partial charge on any atom is 0.280 e. The van der Waals surface area contributed by atoms with E-state index in [2.05, 4.69) is 15.1 Å². The summed E-state index contributed by atoms with van der Waals surface area (Å²) in [7, 11) is -0.802. The number of anilines is 1. The van der Waals surface area contributed by atoms with Crippen molar-refractivity contribution >= 4 is 33.4 Å². The number of hydrogen-bond acceptors (Lipinski definition) is 5. The van der Waals surface area contributed by atoms with E-state index in [1.54, 1.807) is 24.9 Å². The van der Waals surface area contributed by atoms with Gasteiger partial charge in [-0.05, 0) is 31.5 Å². The lowest BCUT2D eigenvalue weighted by atomic mass is 10.00. The van der Waals surface area contributed by atoms with E-state index in [0.29, 0.717) is 16.3 Å². The van der Waals surface area contributed by atoms with E-state index in [1.165, 1.54) is 25.2 Å². The fourth-order valence-electron chi connectivity index (χ4n) is 3.10. The molecule has 3 N–H and O–H groups in total. The van der Waals surface area contributed by atoms with Gasteiger partial charge in [-0.3, -0.25) is 9.48 Å². The molecule has 3 rings (SSSR count). The molecule has 9 nitrogen and oxygen atoms in total. The monoisotopic (exact) mass is 413 g/mol. The van der Waals surface area contributed by atoms with Crippen LogP contribution in [0.3, 0.4) is 0 Å². The Labute approximate surface area is 162 Å². The second kappa shape index (κ2) is 7.12. The minimum Gasteiger partial charge on any atom is -0.506 e. The first kappa shape index (κ1) is 19.6. The summed E-state index contributed by atoms with van der Waals surface area (Å²) >= 11 is 5.90. The van der Waals surface area contributed by atoms with Crippen LogP contribution in [0.15, 0.2) is 24.4 Å². The van der Waals surface area contributed by atoms with Crippen molar-refractivity contribution in [2.45, 2.75) is 25.4 Å². The summed E-state index contributed by atoms with van der Waals surface area (Å²) < 4.78 is 30.2. The normalized spacial score (nSPS) is 22.5. The molecule has 0 spiro atoms. The first-order chi connectivity index (χ1) is 12.6. The van der Waals surface area contributed by atoms with Crippen LogP contribution < -0.4 is 10.0 Å². The van der Waals surface area contributed by atoms with Gasteiger partial charge in [0.05, 0.1) is 17.4 Å². The lowest BCUT2D eigenvalue weighted by Crippen LogP contribution is -2.56. The Hall–Kier alpha value is -2.14. The van der Waals surface area contributed by atoms with E-state index in [0.717, 1.165) is 4.31 Å². The number of nitrogens with one attached hydrogen (secondary N) is 2. The van der Waals surface area contributed by atoms with Crippen molar-refractivity contribution in [2.75, 3.05) is 12.4 Å². The van der Waals surface area contributed by atoms with Gasteiger partial charge in [0.15, 0.2) is 0 Å². The maximum absolute atomic E-state index is 12.8. The number of carbonyl (C=O) groups is 1. The maximum atomic E-state index is 12.8. The lowest BCUT2D eigenvalue weighted by molar-refractivity contribution is -0.120. The molecule has 2 heterocycles. The Morgan fingerprint density at radius 3 is 2.74 bits per heavy atom. The van der Waals surface area contributed by atoms with Crippen molar-refractivity contribution < 1.29 is 18.3 Å². The molecule has 27 heavy (non-hydrogen) atoms. The van der Waals surface area contributed by atoms with Crippen molar-refractivity contribution in [3.05, 3.63) is 40.7 Å². The molecule has 146 valence electrons. The van der Waals surface area contributed by atoms with Crippen LogP contribution in [0, 0.1) is 6.92 Å². The summed E-state index contributed by atoms with van der Waals surface area (Å²) in [5.41, 5.74) is 1.50. The summed E-state index contributed by atoms with van der Waals surface area (Å²) in [6, 6.07) is 2.66. The number of aromatic hydroxyl groups is 1. The molecule has 0 radical (unpaired) electrons. The van der Waals surface area contributed by atoms with Crippen molar-refractivity contribution in [3.8, 4) is 5.75 Å². The quantitative estimate of drug-likeness (QED) is 0.656. The molecule has 1 aromatic carbocycles. The first-order valence-electron chi connectivity index (χ1n) is 8.13. The highest BCUT2D eigenvalue weighted by Crippen LogP contribution is 2.31. The Morgan fingerprint density at radius 1 is 1.41 bits per heavy atom. The van der Waals surface area contributed by atoms with Crippen molar-refractivity contribution in [3.63, 3.8) is 0 Å². The SMILES string of the molecule is Cc1nn(C)cc1[C@@H]1C[C@@H](C(=O)Nc2cc(Cl)ccc2O)N(C)S(=O)(=O)N1. The third-order valence-electron chi connectivity index (χ3n) is 4.51. The van der Waals surface area contributed by atoms with Crippen LogP contribution in [0.1, 0.15) is 23.7 Å². The van der Waals surface area contributed by atoms with E-state index in [9.17, 15) is 18.3 Å². The Bertz CT molecular complexity index is 991. The van der Waals surface area contributed by atoms with Gasteiger partial charge in [0.1, 0.15) is 11.8 Å². The van der Waals surface area contributed by atoms with Gasteiger partial charge in [0.2, 0.25) is 5.91 Å². The minimum absolute atomic E-state index is 0.117. The molecule has 11 heteroatoms. The van der Waals surface area contributed by atoms with Gasteiger partial charge in [-0.2, -0.15) is 22.5 Å². The number of nitrogens with zero attached hydrogens (tertiary/aromatic N) is 3. The van der Waals surface area contributed by atoms with Gasteiger partial charge in [0, 0.05) is 30.9 Å². The van der Waals surface area contributed by atoms with Crippen LogP contribution in [0.25, 0.3) is 0 Å². The van der Waals surface area contributed by atoms with Crippen LogP contribution in [-0.2, 0) is 22.1 Å². The Morgan fingerprint density at radius 2 is 2.11 bits per heavy atom. The number of rotatable bonds is 3. The second-order valence-corrected chi connectivity index (χ2v) is 8.64. The highest BCUT2D eigenvalue weighted by Gasteiger charge is 2.41. The molecule has 1 amide bonds. The third kappa shape index (κ3) is 3.93. The predicted molar refractivity (Wildman–Crippen MR) is 101 cm³/mol. The average Bonchev–Trinajstić information content (AvgIpc) is 2.91. The third-order valence-corrected chi connectivity index (χ3v) is 6.34. The molecule has 0 bridgehead atoms. The number of benzene rings is 1. The van der Waals surface area contributed by atoms with Gasteiger partial charge < -0.3 is 10.4 Å². The highest BCUT2D eigenvalue weighted by atomic mass is 35.5. The molecule has 0 aliphatic carbocycles. The number of halogens is 1. The fourth-order valence-corrected chi connectivity index (χ4v) is 4.54. The van der Waals surface area contributed by atoms with Gasteiger partial charge in [0.25, 0.3) is 10.2 Å². The zero-order chi connectivity index (χ0) is 19.9. The van der Waals surface area contributed by atoms with Gasteiger partial charge >= 0.3 is 0 Å². The second-order valence-electron chi connectivity index (χ2n) is 6.44. The number of amides is 1. The van der Waals surface area contributed by atoms with E-state index in [-0.39, 0.29) is 17.9 Å². The largest absolute Gasteiger partial charge is 0.506 e. The van der Waals surface area contributed by atoms with E-state index in [1.807, 2.05) is 0 Å². The number of carbonyl (C=O) groups excluding carboxylic acids is 1. The van der Waals surface area contributed by atoms with Crippen LogP contribution >= 0.6 is 11.6 Å². The van der Waals surface area contributed by atoms with Crippen LogP contribution in [0.4, 0.5) is 5.69 Å². The molecule has 1 aliphatic rings. The predicted octanol–water partition coefficient (Wildman–Crippen LogP) is 1.31. The number of aromatic nitrogens is 2. The lowest BCUT2D eigenvalue weighted by Gasteiger charge is -2.36. The molecular weight excluding hydrogens is 394 g/mol. The summed E-state index contributed by atoms with van der Waals surface area (Å²) in [5.74, 6) is -0.724. The van der Waals surface area contributed by atoms with Crippen LogP contribution in [0.5, 0.6) is 5.75 Å².